The fourth-order valence-corrected chi connectivity index (χ4v) is 5.03. The smallest absolute Gasteiger partial charge is 0.311 e. The molecule has 0 saturated heterocycles. The first-order valence-corrected chi connectivity index (χ1v) is 8.86. The molecule has 0 amide bonds. The molecule has 0 aliphatic heterocycles. The molecule has 0 saturated carbocycles. The van der Waals surface area contributed by atoms with Crippen molar-refractivity contribution in [3.63, 3.8) is 0 Å². The van der Waals surface area contributed by atoms with Gasteiger partial charge in [-0.3, -0.25) is 10.1 Å². The molecule has 3 unspecified atom stereocenters. The largest absolute Gasteiger partial charge is 0.490 e. The maximum atomic E-state index is 11.4. The molecule has 2 aliphatic carbocycles. The summed E-state index contributed by atoms with van der Waals surface area (Å²) in [4.78, 5) is 11.1. The summed E-state index contributed by atoms with van der Waals surface area (Å²) in [6, 6.07) is 12.4. The molecule has 2 aromatic rings. The zero-order valence-electron chi connectivity index (χ0n) is 14.9. The SMILES string of the molecule is COc1cc2c(cc1[N+](=O)[O-])C(C)CC1c3ccccc3CC1(C)C2. The van der Waals surface area contributed by atoms with Crippen molar-refractivity contribution in [3.05, 3.63) is 68.8 Å². The van der Waals surface area contributed by atoms with E-state index in [0.29, 0.717) is 11.7 Å². The third-order valence-corrected chi connectivity index (χ3v) is 6.22. The Kier molecular flexibility index (Phi) is 3.60. The minimum atomic E-state index is -0.339. The normalized spacial score (nSPS) is 27.0. The van der Waals surface area contributed by atoms with Gasteiger partial charge in [-0.25, -0.2) is 0 Å². The molecule has 0 spiro atoms. The topological polar surface area (TPSA) is 52.4 Å². The van der Waals surface area contributed by atoms with Gasteiger partial charge in [0.05, 0.1) is 12.0 Å². The molecule has 0 aromatic heterocycles. The molecule has 4 heteroatoms. The lowest BCUT2D eigenvalue weighted by Crippen LogP contribution is -2.24. The van der Waals surface area contributed by atoms with Gasteiger partial charge in [-0.2, -0.15) is 0 Å². The van der Waals surface area contributed by atoms with Crippen LogP contribution in [0.5, 0.6) is 5.75 Å². The van der Waals surface area contributed by atoms with E-state index in [1.54, 1.807) is 6.07 Å². The Bertz CT molecular complexity index is 860. The highest BCUT2D eigenvalue weighted by atomic mass is 16.6. The molecule has 2 aromatic carbocycles. The van der Waals surface area contributed by atoms with Gasteiger partial charge in [0.15, 0.2) is 5.75 Å². The van der Waals surface area contributed by atoms with Crippen molar-refractivity contribution < 1.29 is 9.66 Å². The summed E-state index contributed by atoms with van der Waals surface area (Å²) in [6.07, 6.45) is 3.03. The van der Waals surface area contributed by atoms with Crippen LogP contribution in [-0.2, 0) is 12.8 Å². The number of hydrogen-bond acceptors (Lipinski definition) is 3. The first-order valence-electron chi connectivity index (χ1n) is 8.86. The second kappa shape index (κ2) is 5.58. The van der Waals surface area contributed by atoms with Crippen LogP contribution in [-0.4, -0.2) is 12.0 Å². The molecule has 4 rings (SSSR count). The number of rotatable bonds is 2. The van der Waals surface area contributed by atoms with Gasteiger partial charge in [0.2, 0.25) is 0 Å². The van der Waals surface area contributed by atoms with Gasteiger partial charge in [-0.15, -0.1) is 0 Å². The van der Waals surface area contributed by atoms with E-state index >= 15 is 0 Å². The quantitative estimate of drug-likeness (QED) is 0.572. The van der Waals surface area contributed by atoms with Crippen LogP contribution in [0.1, 0.15) is 54.4 Å². The lowest BCUT2D eigenvalue weighted by atomic mass is 9.73. The van der Waals surface area contributed by atoms with Gasteiger partial charge in [-0.1, -0.05) is 38.1 Å². The van der Waals surface area contributed by atoms with Crippen LogP contribution < -0.4 is 4.74 Å². The Morgan fingerprint density at radius 1 is 1.16 bits per heavy atom. The first-order chi connectivity index (χ1) is 11.9. The maximum absolute atomic E-state index is 11.4. The summed E-state index contributed by atoms with van der Waals surface area (Å²) in [5.41, 5.74) is 5.47. The number of ether oxygens (including phenoxy) is 1. The maximum Gasteiger partial charge on any atom is 0.311 e. The Morgan fingerprint density at radius 2 is 1.88 bits per heavy atom. The van der Waals surface area contributed by atoms with Crippen LogP contribution >= 0.6 is 0 Å². The van der Waals surface area contributed by atoms with Crippen molar-refractivity contribution in [2.45, 2.75) is 44.9 Å². The van der Waals surface area contributed by atoms with Crippen LogP contribution in [0.4, 0.5) is 5.69 Å². The van der Waals surface area contributed by atoms with Crippen molar-refractivity contribution >= 4 is 5.69 Å². The van der Waals surface area contributed by atoms with Gasteiger partial charge in [0, 0.05) is 6.07 Å². The second-order valence-electron chi connectivity index (χ2n) is 7.88. The van der Waals surface area contributed by atoms with Crippen molar-refractivity contribution in [3.8, 4) is 5.75 Å². The number of nitro benzene ring substituents is 1. The van der Waals surface area contributed by atoms with E-state index in [-0.39, 0.29) is 21.9 Å². The molecular weight excluding hydrogens is 314 g/mol. The van der Waals surface area contributed by atoms with E-state index in [9.17, 15) is 10.1 Å². The molecule has 3 atom stereocenters. The number of methoxy groups -OCH3 is 1. The Hall–Kier alpha value is -2.36. The minimum absolute atomic E-state index is 0.0747. The van der Waals surface area contributed by atoms with Gasteiger partial charge in [0.25, 0.3) is 0 Å². The van der Waals surface area contributed by atoms with E-state index in [0.717, 1.165) is 24.8 Å². The lowest BCUT2D eigenvalue weighted by Gasteiger charge is -2.31. The predicted octanol–water partition coefficient (Wildman–Crippen LogP) is 5.00. The van der Waals surface area contributed by atoms with Crippen LogP contribution in [0.3, 0.4) is 0 Å². The van der Waals surface area contributed by atoms with Crippen molar-refractivity contribution in [1.29, 1.82) is 0 Å². The molecule has 0 fully saturated rings. The van der Waals surface area contributed by atoms with E-state index in [1.807, 2.05) is 6.07 Å². The van der Waals surface area contributed by atoms with E-state index in [2.05, 4.69) is 38.1 Å². The Labute approximate surface area is 148 Å². The molecular formula is C21H23NO3. The Morgan fingerprint density at radius 3 is 2.60 bits per heavy atom. The summed E-state index contributed by atoms with van der Waals surface area (Å²) in [7, 11) is 1.50. The highest BCUT2D eigenvalue weighted by molar-refractivity contribution is 5.55. The molecule has 0 bridgehead atoms. The first kappa shape index (κ1) is 16.1. The Balaban J connectivity index is 1.83. The third kappa shape index (κ3) is 2.43. The van der Waals surface area contributed by atoms with Crippen molar-refractivity contribution in [2.24, 2.45) is 5.41 Å². The zero-order valence-corrected chi connectivity index (χ0v) is 14.9. The van der Waals surface area contributed by atoms with Crippen LogP contribution in [0.2, 0.25) is 0 Å². The fourth-order valence-electron chi connectivity index (χ4n) is 5.03. The van der Waals surface area contributed by atoms with E-state index < -0.39 is 0 Å². The number of benzene rings is 2. The predicted molar refractivity (Wildman–Crippen MR) is 97.4 cm³/mol. The highest BCUT2D eigenvalue weighted by Crippen LogP contribution is 2.56. The molecule has 0 radical (unpaired) electrons. The van der Waals surface area contributed by atoms with Crippen molar-refractivity contribution in [1.82, 2.24) is 0 Å². The molecule has 4 nitrogen and oxygen atoms in total. The minimum Gasteiger partial charge on any atom is -0.490 e. The fraction of sp³-hybridized carbons (Fsp3) is 0.429. The van der Waals surface area contributed by atoms with E-state index in [4.69, 9.17) is 4.74 Å². The van der Waals surface area contributed by atoms with Gasteiger partial charge < -0.3 is 4.74 Å². The van der Waals surface area contributed by atoms with Crippen LogP contribution in [0, 0.1) is 15.5 Å². The summed E-state index contributed by atoms with van der Waals surface area (Å²) >= 11 is 0. The number of nitro groups is 1. The van der Waals surface area contributed by atoms with Crippen LogP contribution in [0.15, 0.2) is 36.4 Å². The lowest BCUT2D eigenvalue weighted by molar-refractivity contribution is -0.385. The van der Waals surface area contributed by atoms with E-state index in [1.165, 1.54) is 23.8 Å². The molecule has 130 valence electrons. The highest BCUT2D eigenvalue weighted by Gasteiger charge is 2.45. The standard InChI is InChI=1S/C21H23NO3/c1-13-8-18-16-7-5-4-6-14(16)11-21(18,2)12-15-9-20(25-3)19(22(23)24)10-17(13)15/h4-7,9-10,13,18H,8,11-12H2,1-3H3. The third-order valence-electron chi connectivity index (χ3n) is 6.22. The second-order valence-corrected chi connectivity index (χ2v) is 7.88. The van der Waals surface area contributed by atoms with Crippen LogP contribution in [0.25, 0.3) is 0 Å². The summed E-state index contributed by atoms with van der Waals surface area (Å²) in [5.74, 6) is 1.15. The molecule has 0 N–H and O–H groups in total. The van der Waals surface area contributed by atoms with Gasteiger partial charge in [-0.05, 0) is 64.8 Å². The summed E-state index contributed by atoms with van der Waals surface area (Å²) in [6.45, 7) is 4.56. The average molecular weight is 337 g/mol. The monoisotopic (exact) mass is 337 g/mol. The van der Waals surface area contributed by atoms with Gasteiger partial charge >= 0.3 is 5.69 Å². The number of nitrogens with zero attached hydrogens (tertiary/aromatic N) is 1. The summed E-state index contributed by atoms with van der Waals surface area (Å²) < 4.78 is 5.31. The van der Waals surface area contributed by atoms with Gasteiger partial charge in [0.1, 0.15) is 0 Å². The molecule has 2 aliphatic rings. The summed E-state index contributed by atoms with van der Waals surface area (Å²) in [5, 5.41) is 11.4. The number of hydrogen-bond donors (Lipinski definition) is 0. The average Bonchev–Trinajstić information content (AvgIpc) is 2.79. The molecule has 25 heavy (non-hydrogen) atoms. The molecule has 0 heterocycles. The van der Waals surface area contributed by atoms with Crippen molar-refractivity contribution in [2.75, 3.05) is 7.11 Å². The number of fused-ring (bicyclic) bond motifs is 4. The zero-order chi connectivity index (χ0) is 17.8.